The minimum absolute atomic E-state index is 0.00386. The van der Waals surface area contributed by atoms with Crippen molar-refractivity contribution < 1.29 is 14.6 Å². The van der Waals surface area contributed by atoms with Crippen LogP contribution in [0.25, 0.3) is 0 Å². The molecule has 1 atom stereocenters. The fraction of sp³-hybridized carbons (Fsp3) is 0.417. The van der Waals surface area contributed by atoms with E-state index >= 15 is 0 Å². The number of hydrogen-bond donors (Lipinski definition) is 1. The van der Waals surface area contributed by atoms with Gasteiger partial charge in [0.05, 0.1) is 12.6 Å². The molecule has 1 aliphatic heterocycles. The van der Waals surface area contributed by atoms with Crippen LogP contribution in [-0.4, -0.2) is 35.3 Å². The fourth-order valence-electron chi connectivity index (χ4n) is 1.91. The van der Waals surface area contributed by atoms with Gasteiger partial charge in [-0.3, -0.25) is 0 Å². The summed E-state index contributed by atoms with van der Waals surface area (Å²) in [5, 5.41) is 9.10. The van der Waals surface area contributed by atoms with E-state index in [0.29, 0.717) is 12.3 Å². The van der Waals surface area contributed by atoms with Crippen LogP contribution in [0.4, 0.5) is 4.79 Å². The summed E-state index contributed by atoms with van der Waals surface area (Å²) in [5.41, 5.74) is 0. The van der Waals surface area contributed by atoms with Gasteiger partial charge >= 0.3 is 6.09 Å². The van der Waals surface area contributed by atoms with Crippen molar-refractivity contribution in [3.05, 3.63) is 30.3 Å². The Morgan fingerprint density at radius 3 is 2.88 bits per heavy atom. The Hall–Kier alpha value is -1.55. The first-order valence-corrected chi connectivity index (χ1v) is 5.45. The van der Waals surface area contributed by atoms with Gasteiger partial charge in [0.15, 0.2) is 0 Å². The highest BCUT2D eigenvalue weighted by atomic mass is 16.6. The summed E-state index contributed by atoms with van der Waals surface area (Å²) in [6, 6.07) is 8.89. The Morgan fingerprint density at radius 1 is 1.44 bits per heavy atom. The van der Waals surface area contributed by atoms with Crippen LogP contribution in [0.1, 0.15) is 12.8 Å². The average molecular weight is 221 g/mol. The number of rotatable bonds is 2. The third-order valence-corrected chi connectivity index (χ3v) is 2.77. The van der Waals surface area contributed by atoms with Gasteiger partial charge in [-0.1, -0.05) is 18.2 Å². The van der Waals surface area contributed by atoms with Gasteiger partial charge in [0.25, 0.3) is 0 Å². The van der Waals surface area contributed by atoms with E-state index in [-0.39, 0.29) is 18.7 Å². The van der Waals surface area contributed by atoms with Gasteiger partial charge < -0.3 is 14.7 Å². The predicted octanol–water partition coefficient (Wildman–Crippen LogP) is 1.64. The second kappa shape index (κ2) is 4.99. The number of benzene rings is 1. The molecule has 1 aromatic carbocycles. The molecule has 1 heterocycles. The smallest absolute Gasteiger partial charge is 0.410 e. The van der Waals surface area contributed by atoms with Crippen molar-refractivity contribution in [1.82, 2.24) is 4.90 Å². The highest BCUT2D eigenvalue weighted by Gasteiger charge is 2.29. The van der Waals surface area contributed by atoms with Gasteiger partial charge in [0, 0.05) is 6.54 Å². The van der Waals surface area contributed by atoms with Crippen LogP contribution in [0, 0.1) is 0 Å². The molecule has 1 saturated heterocycles. The van der Waals surface area contributed by atoms with Crippen LogP contribution in [-0.2, 0) is 0 Å². The lowest BCUT2D eigenvalue weighted by atomic mass is 10.2. The highest BCUT2D eigenvalue weighted by molar-refractivity contribution is 5.71. The molecule has 4 nitrogen and oxygen atoms in total. The summed E-state index contributed by atoms with van der Waals surface area (Å²) in [4.78, 5) is 13.4. The maximum absolute atomic E-state index is 11.8. The lowest BCUT2D eigenvalue weighted by molar-refractivity contribution is 0.124. The van der Waals surface area contributed by atoms with Crippen molar-refractivity contribution in [2.45, 2.75) is 18.9 Å². The van der Waals surface area contributed by atoms with Crippen molar-refractivity contribution in [3.63, 3.8) is 0 Å². The topological polar surface area (TPSA) is 49.8 Å². The van der Waals surface area contributed by atoms with E-state index in [1.54, 1.807) is 17.0 Å². The molecule has 1 amide bonds. The quantitative estimate of drug-likeness (QED) is 0.826. The molecule has 86 valence electrons. The summed E-state index contributed by atoms with van der Waals surface area (Å²) < 4.78 is 5.21. The second-order valence-electron chi connectivity index (χ2n) is 3.85. The average Bonchev–Trinajstić information content (AvgIpc) is 2.78. The number of aliphatic hydroxyl groups excluding tert-OH is 1. The molecular weight excluding hydrogens is 206 g/mol. The van der Waals surface area contributed by atoms with E-state index in [1.165, 1.54) is 0 Å². The van der Waals surface area contributed by atoms with E-state index in [0.717, 1.165) is 12.8 Å². The normalized spacial score (nSPS) is 19.8. The van der Waals surface area contributed by atoms with Crippen molar-refractivity contribution in [2.75, 3.05) is 13.2 Å². The Balaban J connectivity index is 1.98. The number of amides is 1. The van der Waals surface area contributed by atoms with E-state index in [1.807, 2.05) is 18.2 Å². The number of nitrogens with zero attached hydrogens (tertiary/aromatic N) is 1. The summed E-state index contributed by atoms with van der Waals surface area (Å²) in [6.45, 7) is 0.667. The first-order chi connectivity index (χ1) is 7.81. The lowest BCUT2D eigenvalue weighted by Crippen LogP contribution is -2.39. The zero-order valence-corrected chi connectivity index (χ0v) is 9.00. The molecule has 0 radical (unpaired) electrons. The van der Waals surface area contributed by atoms with Crippen molar-refractivity contribution in [1.29, 1.82) is 0 Å². The maximum Gasteiger partial charge on any atom is 0.415 e. The standard InChI is InChI=1S/C12H15NO3/c14-9-10-5-4-8-13(10)12(15)16-11-6-2-1-3-7-11/h1-3,6-7,10,14H,4-5,8-9H2/t10-/m0/s1. The number of likely N-dealkylation sites (tertiary alicyclic amines) is 1. The largest absolute Gasteiger partial charge is 0.415 e. The van der Waals surface area contributed by atoms with Crippen molar-refractivity contribution >= 4 is 6.09 Å². The molecule has 0 spiro atoms. The molecule has 1 fully saturated rings. The Morgan fingerprint density at radius 2 is 2.19 bits per heavy atom. The molecule has 16 heavy (non-hydrogen) atoms. The Labute approximate surface area is 94.4 Å². The van der Waals surface area contributed by atoms with Gasteiger partial charge in [-0.15, -0.1) is 0 Å². The molecule has 1 N–H and O–H groups in total. The van der Waals surface area contributed by atoms with Gasteiger partial charge in [0.2, 0.25) is 0 Å². The lowest BCUT2D eigenvalue weighted by Gasteiger charge is -2.21. The Bertz CT molecular complexity index is 353. The molecule has 0 unspecified atom stereocenters. The molecule has 1 aromatic rings. The van der Waals surface area contributed by atoms with E-state index in [2.05, 4.69) is 0 Å². The number of carbonyl (C=O) groups excluding carboxylic acids is 1. The van der Waals surface area contributed by atoms with Crippen LogP contribution in [0.3, 0.4) is 0 Å². The number of hydrogen-bond acceptors (Lipinski definition) is 3. The number of aliphatic hydroxyl groups is 1. The first-order valence-electron chi connectivity index (χ1n) is 5.45. The van der Waals surface area contributed by atoms with Crippen LogP contribution >= 0.6 is 0 Å². The van der Waals surface area contributed by atoms with Crippen molar-refractivity contribution in [3.8, 4) is 5.75 Å². The third-order valence-electron chi connectivity index (χ3n) is 2.77. The van der Waals surface area contributed by atoms with E-state index in [9.17, 15) is 4.79 Å². The molecule has 4 heteroatoms. The number of carbonyl (C=O) groups is 1. The molecule has 0 bridgehead atoms. The van der Waals surface area contributed by atoms with E-state index < -0.39 is 0 Å². The predicted molar refractivity (Wildman–Crippen MR) is 59.3 cm³/mol. The van der Waals surface area contributed by atoms with Gasteiger partial charge in [0.1, 0.15) is 5.75 Å². The summed E-state index contributed by atoms with van der Waals surface area (Å²) >= 11 is 0. The number of para-hydroxylation sites is 1. The minimum atomic E-state index is -0.372. The molecule has 0 aliphatic carbocycles. The van der Waals surface area contributed by atoms with Gasteiger partial charge in [-0.25, -0.2) is 4.79 Å². The number of ether oxygens (including phenoxy) is 1. The first kappa shape index (κ1) is 11.0. The molecular formula is C12H15NO3. The Kier molecular flexibility index (Phi) is 3.41. The van der Waals surface area contributed by atoms with Crippen LogP contribution in [0.2, 0.25) is 0 Å². The molecule has 0 aromatic heterocycles. The molecule has 0 saturated carbocycles. The highest BCUT2D eigenvalue weighted by Crippen LogP contribution is 2.19. The van der Waals surface area contributed by atoms with Crippen LogP contribution in [0.5, 0.6) is 5.75 Å². The van der Waals surface area contributed by atoms with Gasteiger partial charge in [-0.2, -0.15) is 0 Å². The minimum Gasteiger partial charge on any atom is -0.410 e. The van der Waals surface area contributed by atoms with Gasteiger partial charge in [-0.05, 0) is 25.0 Å². The maximum atomic E-state index is 11.8. The van der Waals surface area contributed by atoms with E-state index in [4.69, 9.17) is 9.84 Å². The monoisotopic (exact) mass is 221 g/mol. The summed E-state index contributed by atoms with van der Waals surface area (Å²) in [7, 11) is 0. The van der Waals surface area contributed by atoms with Crippen LogP contribution in [0.15, 0.2) is 30.3 Å². The summed E-state index contributed by atoms with van der Waals surface area (Å²) in [5.74, 6) is 0.538. The summed E-state index contributed by atoms with van der Waals surface area (Å²) in [6.07, 6.45) is 1.40. The molecule has 1 aliphatic rings. The zero-order chi connectivity index (χ0) is 11.4. The zero-order valence-electron chi connectivity index (χ0n) is 9.00. The molecule has 2 rings (SSSR count). The second-order valence-corrected chi connectivity index (χ2v) is 3.85. The fourth-order valence-corrected chi connectivity index (χ4v) is 1.91. The van der Waals surface area contributed by atoms with Crippen molar-refractivity contribution in [2.24, 2.45) is 0 Å². The SMILES string of the molecule is O=C(Oc1ccccc1)N1CCC[C@H]1CO. The third kappa shape index (κ3) is 2.33. The van der Waals surface area contributed by atoms with Crippen LogP contribution < -0.4 is 4.74 Å².